The fourth-order valence-electron chi connectivity index (χ4n) is 0.458. The summed E-state index contributed by atoms with van der Waals surface area (Å²) in [4.78, 5) is 10.5. The fraction of sp³-hybridized carbons (Fsp3) is 0.500. The van der Waals surface area contributed by atoms with Crippen LogP contribution in [-0.2, 0) is 14.3 Å². The van der Waals surface area contributed by atoms with Gasteiger partial charge in [0.05, 0.1) is 14.2 Å². The van der Waals surface area contributed by atoms with E-state index < -0.39 is 17.7 Å². The molecule has 0 aliphatic rings. The molecule has 6 heteroatoms. The van der Waals surface area contributed by atoms with E-state index in [1.165, 1.54) is 0 Å². The number of rotatable bonds is 2. The predicted octanol–water partition coefficient (Wildman–Crippen LogP) is 1.25. The lowest BCUT2D eigenvalue weighted by molar-refractivity contribution is -0.148. The van der Waals surface area contributed by atoms with Crippen LogP contribution in [0, 0.1) is 0 Å². The molecule has 0 heterocycles. The molecule has 0 rings (SSSR count). The van der Waals surface area contributed by atoms with Crippen molar-refractivity contribution >= 4 is 5.97 Å². The second-order valence-corrected chi connectivity index (χ2v) is 1.76. The molecular weight excluding hydrogens is 177 g/mol. The van der Waals surface area contributed by atoms with E-state index in [0.29, 0.717) is 6.26 Å². The largest absolute Gasteiger partial charge is 0.503 e. The minimum absolute atomic E-state index is 0.297. The summed E-state index contributed by atoms with van der Waals surface area (Å²) in [6, 6.07) is 0. The van der Waals surface area contributed by atoms with Crippen LogP contribution < -0.4 is 0 Å². The molecule has 3 nitrogen and oxygen atoms in total. The highest BCUT2D eigenvalue weighted by atomic mass is 19.4. The van der Waals surface area contributed by atoms with Crippen LogP contribution >= 0.6 is 0 Å². The molecule has 0 aliphatic carbocycles. The molecule has 0 aromatic heterocycles. The first-order valence-electron chi connectivity index (χ1n) is 2.82. The van der Waals surface area contributed by atoms with Gasteiger partial charge in [-0.1, -0.05) is 0 Å². The number of esters is 1. The number of halogens is 3. The van der Waals surface area contributed by atoms with Crippen molar-refractivity contribution in [2.45, 2.75) is 6.18 Å². The molecule has 0 bridgehead atoms. The van der Waals surface area contributed by atoms with Crippen LogP contribution in [0.4, 0.5) is 13.2 Å². The van der Waals surface area contributed by atoms with Gasteiger partial charge in [0.15, 0.2) is 5.57 Å². The summed E-state index contributed by atoms with van der Waals surface area (Å²) in [5.74, 6) is -1.47. The van der Waals surface area contributed by atoms with Crippen LogP contribution in [0.5, 0.6) is 0 Å². The van der Waals surface area contributed by atoms with Crippen molar-refractivity contribution < 1.29 is 27.4 Å². The van der Waals surface area contributed by atoms with E-state index in [-0.39, 0.29) is 0 Å². The van der Waals surface area contributed by atoms with Gasteiger partial charge in [-0.3, -0.25) is 0 Å². The first-order chi connectivity index (χ1) is 5.43. The van der Waals surface area contributed by atoms with Crippen LogP contribution in [-0.4, -0.2) is 26.4 Å². The van der Waals surface area contributed by atoms with E-state index in [0.717, 1.165) is 14.2 Å². The number of hydrogen-bond acceptors (Lipinski definition) is 3. The van der Waals surface area contributed by atoms with E-state index in [9.17, 15) is 18.0 Å². The predicted molar refractivity (Wildman–Crippen MR) is 33.2 cm³/mol. The minimum Gasteiger partial charge on any atom is -0.503 e. The minimum atomic E-state index is -4.75. The van der Waals surface area contributed by atoms with Crippen molar-refractivity contribution in [3.05, 3.63) is 11.8 Å². The van der Waals surface area contributed by atoms with Crippen LogP contribution in [0.2, 0.25) is 0 Å². The molecule has 0 unspecified atom stereocenters. The maximum absolute atomic E-state index is 11.9. The van der Waals surface area contributed by atoms with Crippen molar-refractivity contribution in [1.82, 2.24) is 0 Å². The summed E-state index contributed by atoms with van der Waals surface area (Å²) >= 11 is 0. The van der Waals surface area contributed by atoms with Crippen LogP contribution in [0.1, 0.15) is 0 Å². The zero-order valence-electron chi connectivity index (χ0n) is 6.44. The molecule has 0 fully saturated rings. The molecule has 0 aromatic carbocycles. The Hall–Kier alpha value is -1.20. The average Bonchev–Trinajstić information content (AvgIpc) is 1.96. The molecule has 0 saturated carbocycles. The monoisotopic (exact) mass is 184 g/mol. The maximum atomic E-state index is 11.9. The number of alkyl halides is 3. The van der Waals surface area contributed by atoms with Crippen LogP contribution in [0.25, 0.3) is 0 Å². The summed E-state index contributed by atoms with van der Waals surface area (Å²) in [5, 5.41) is 0. The van der Waals surface area contributed by atoms with Crippen LogP contribution in [0.15, 0.2) is 11.8 Å². The number of hydrogen-bond donors (Lipinski definition) is 0. The van der Waals surface area contributed by atoms with Gasteiger partial charge in [-0.25, -0.2) is 4.79 Å². The number of ether oxygens (including phenoxy) is 2. The first-order valence-corrected chi connectivity index (χ1v) is 2.82. The zero-order chi connectivity index (χ0) is 9.78. The summed E-state index contributed by atoms with van der Waals surface area (Å²) in [6.45, 7) is 0. The van der Waals surface area contributed by atoms with Crippen molar-refractivity contribution in [1.29, 1.82) is 0 Å². The summed E-state index contributed by atoms with van der Waals surface area (Å²) in [7, 11) is 1.87. The van der Waals surface area contributed by atoms with E-state index in [1.807, 2.05) is 0 Å². The van der Waals surface area contributed by atoms with Gasteiger partial charge in [0, 0.05) is 0 Å². The molecule has 12 heavy (non-hydrogen) atoms. The zero-order valence-corrected chi connectivity index (χ0v) is 6.44. The Kier molecular flexibility index (Phi) is 3.59. The third-order valence-electron chi connectivity index (χ3n) is 0.946. The third-order valence-corrected chi connectivity index (χ3v) is 0.946. The van der Waals surface area contributed by atoms with E-state index in [1.54, 1.807) is 0 Å². The molecule has 0 N–H and O–H groups in total. The van der Waals surface area contributed by atoms with Crippen molar-refractivity contribution in [2.75, 3.05) is 14.2 Å². The molecule has 0 radical (unpaired) electrons. The maximum Gasteiger partial charge on any atom is 0.426 e. The van der Waals surface area contributed by atoms with Gasteiger partial charge in [0.2, 0.25) is 0 Å². The van der Waals surface area contributed by atoms with Crippen LogP contribution in [0.3, 0.4) is 0 Å². The highest BCUT2D eigenvalue weighted by Crippen LogP contribution is 2.26. The summed E-state index contributed by atoms with van der Waals surface area (Å²) < 4.78 is 43.6. The molecule has 0 saturated heterocycles. The molecule has 0 aliphatic heterocycles. The Morgan fingerprint density at radius 1 is 1.33 bits per heavy atom. The topological polar surface area (TPSA) is 35.5 Å². The standard InChI is InChI=1S/C6H7F3O3/c1-11-3-4(5(10)12-2)6(7,8)9/h3H,1-2H3/b4-3-. The van der Waals surface area contributed by atoms with Gasteiger partial charge in [-0.2, -0.15) is 13.2 Å². The van der Waals surface area contributed by atoms with Gasteiger partial charge < -0.3 is 9.47 Å². The van der Waals surface area contributed by atoms with Crippen molar-refractivity contribution in [3.63, 3.8) is 0 Å². The lowest BCUT2D eigenvalue weighted by atomic mass is 10.3. The molecule has 0 aromatic rings. The number of methoxy groups -OCH3 is 2. The second kappa shape index (κ2) is 3.99. The Morgan fingerprint density at radius 2 is 1.83 bits per heavy atom. The van der Waals surface area contributed by atoms with E-state index in [2.05, 4.69) is 9.47 Å². The number of carbonyl (C=O) groups excluding carboxylic acids is 1. The third kappa shape index (κ3) is 2.81. The highest BCUT2D eigenvalue weighted by molar-refractivity contribution is 5.89. The molecule has 0 amide bonds. The molecule has 0 spiro atoms. The molecule has 70 valence electrons. The Bertz CT molecular complexity index is 195. The summed E-state index contributed by atoms with van der Waals surface area (Å²) in [6.07, 6.45) is -4.45. The second-order valence-electron chi connectivity index (χ2n) is 1.76. The molecule has 0 atom stereocenters. The quantitative estimate of drug-likeness (QED) is 0.368. The van der Waals surface area contributed by atoms with Gasteiger partial charge >= 0.3 is 12.1 Å². The average molecular weight is 184 g/mol. The lowest BCUT2D eigenvalue weighted by Crippen LogP contribution is -2.21. The van der Waals surface area contributed by atoms with Crippen molar-refractivity contribution in [3.8, 4) is 0 Å². The fourth-order valence-corrected chi connectivity index (χ4v) is 0.458. The van der Waals surface area contributed by atoms with Gasteiger partial charge in [-0.15, -0.1) is 0 Å². The highest BCUT2D eigenvalue weighted by Gasteiger charge is 2.40. The first kappa shape index (κ1) is 10.8. The molecular formula is C6H7F3O3. The van der Waals surface area contributed by atoms with Gasteiger partial charge in [0.25, 0.3) is 0 Å². The van der Waals surface area contributed by atoms with Gasteiger partial charge in [-0.05, 0) is 0 Å². The summed E-state index contributed by atoms with van der Waals surface area (Å²) in [5.41, 5.74) is -1.47. The Labute approximate surface area is 66.8 Å². The SMILES string of the molecule is CO/C=C(/C(=O)OC)C(F)(F)F. The Morgan fingerprint density at radius 3 is 2.08 bits per heavy atom. The number of carbonyl (C=O) groups is 1. The van der Waals surface area contributed by atoms with E-state index >= 15 is 0 Å². The Balaban J connectivity index is 4.69. The van der Waals surface area contributed by atoms with Crippen molar-refractivity contribution in [2.24, 2.45) is 0 Å². The van der Waals surface area contributed by atoms with E-state index in [4.69, 9.17) is 0 Å². The normalized spacial score (nSPS) is 12.6. The van der Waals surface area contributed by atoms with Gasteiger partial charge in [0.1, 0.15) is 6.26 Å². The lowest BCUT2D eigenvalue weighted by Gasteiger charge is -2.07. The smallest absolute Gasteiger partial charge is 0.426 e.